The predicted octanol–water partition coefficient (Wildman–Crippen LogP) is 5.09. The molecule has 0 aliphatic rings. The molecule has 0 fully saturated rings. The van der Waals surface area contributed by atoms with Crippen LogP contribution in [-0.4, -0.2) is 39.4 Å². The zero-order chi connectivity index (χ0) is 28.0. The molecule has 8 nitrogen and oxygen atoms in total. The maximum Gasteiger partial charge on any atom is 0.418 e. The van der Waals surface area contributed by atoms with Gasteiger partial charge in [-0.3, -0.25) is 14.2 Å². The highest BCUT2D eigenvalue weighted by Gasteiger charge is 2.33. The van der Waals surface area contributed by atoms with Crippen molar-refractivity contribution in [2.75, 3.05) is 18.2 Å². The standard InChI is InChI=1S/C26H21F4N5O3S/c1-38-19-11-9-16(10-12-19)24(37)31-14-22-33-34-25(35(22)18-6-4-5-17(27)13-18)39-15-23(36)32-21-8-3-2-7-20(21)26(28,29)30/h2-13H,14-15H2,1H3,(H,31,37)(H,32,36). The Kier molecular flexibility index (Phi) is 8.49. The number of rotatable bonds is 9. The molecule has 1 heterocycles. The smallest absolute Gasteiger partial charge is 0.418 e. The van der Waals surface area contributed by atoms with Gasteiger partial charge in [-0.25, -0.2) is 4.39 Å². The highest BCUT2D eigenvalue weighted by atomic mass is 32.2. The first-order chi connectivity index (χ1) is 18.7. The van der Waals surface area contributed by atoms with Gasteiger partial charge in [-0.1, -0.05) is 30.0 Å². The average Bonchev–Trinajstić information content (AvgIpc) is 3.33. The van der Waals surface area contributed by atoms with Gasteiger partial charge < -0.3 is 15.4 Å². The monoisotopic (exact) mass is 559 g/mol. The van der Waals surface area contributed by atoms with Gasteiger partial charge in [-0.2, -0.15) is 13.2 Å². The van der Waals surface area contributed by atoms with Crippen LogP contribution < -0.4 is 15.4 Å². The third kappa shape index (κ3) is 6.93. The van der Waals surface area contributed by atoms with Crippen LogP contribution in [0.5, 0.6) is 5.75 Å². The average molecular weight is 560 g/mol. The second kappa shape index (κ2) is 12.0. The van der Waals surface area contributed by atoms with E-state index in [0.29, 0.717) is 17.0 Å². The molecule has 2 amide bonds. The summed E-state index contributed by atoms with van der Waals surface area (Å²) in [5.41, 5.74) is -0.637. The Bertz CT molecular complexity index is 1480. The number of carbonyl (C=O) groups is 2. The Morgan fingerprint density at radius 1 is 1.00 bits per heavy atom. The number of methoxy groups -OCH3 is 1. The molecule has 4 aromatic rings. The van der Waals surface area contributed by atoms with Crippen LogP contribution in [0, 0.1) is 5.82 Å². The van der Waals surface area contributed by atoms with Crippen LogP contribution in [0.1, 0.15) is 21.7 Å². The van der Waals surface area contributed by atoms with Crippen molar-refractivity contribution in [3.05, 3.63) is 95.6 Å². The largest absolute Gasteiger partial charge is 0.497 e. The minimum atomic E-state index is -4.64. The number of aromatic nitrogens is 3. The number of halogens is 4. The van der Waals surface area contributed by atoms with Gasteiger partial charge in [0.05, 0.1) is 36.3 Å². The van der Waals surface area contributed by atoms with E-state index in [-0.39, 0.29) is 29.0 Å². The van der Waals surface area contributed by atoms with Crippen LogP contribution in [0.15, 0.2) is 78.0 Å². The fraction of sp³-hybridized carbons (Fsp3) is 0.154. The molecule has 0 saturated carbocycles. The van der Waals surface area contributed by atoms with Crippen molar-refractivity contribution in [3.8, 4) is 11.4 Å². The van der Waals surface area contributed by atoms with Crippen LogP contribution in [0.25, 0.3) is 5.69 Å². The number of anilines is 1. The summed E-state index contributed by atoms with van der Waals surface area (Å²) in [6.45, 7) is -0.0832. The number of alkyl halides is 3. The number of benzene rings is 3. The van der Waals surface area contributed by atoms with E-state index in [9.17, 15) is 27.2 Å². The molecule has 0 bridgehead atoms. The van der Waals surface area contributed by atoms with Crippen LogP contribution in [0.4, 0.5) is 23.2 Å². The first-order valence-electron chi connectivity index (χ1n) is 11.4. The topological polar surface area (TPSA) is 98.1 Å². The summed E-state index contributed by atoms with van der Waals surface area (Å²) in [4.78, 5) is 25.1. The van der Waals surface area contributed by atoms with Gasteiger partial charge >= 0.3 is 6.18 Å². The molecule has 1 aromatic heterocycles. The lowest BCUT2D eigenvalue weighted by atomic mass is 10.1. The Balaban J connectivity index is 1.51. The van der Waals surface area contributed by atoms with Crippen LogP contribution in [0.2, 0.25) is 0 Å². The van der Waals surface area contributed by atoms with Crippen molar-refractivity contribution in [2.24, 2.45) is 0 Å². The maximum absolute atomic E-state index is 14.0. The van der Waals surface area contributed by atoms with E-state index in [1.807, 2.05) is 0 Å². The molecule has 202 valence electrons. The van der Waals surface area contributed by atoms with Crippen molar-refractivity contribution in [1.29, 1.82) is 0 Å². The SMILES string of the molecule is COc1ccc(C(=O)NCc2nnc(SCC(=O)Nc3ccccc3C(F)(F)F)n2-c2cccc(F)c2)cc1. The van der Waals surface area contributed by atoms with Gasteiger partial charge in [0, 0.05) is 5.56 Å². The summed E-state index contributed by atoms with van der Waals surface area (Å²) in [5, 5.41) is 13.3. The first kappa shape index (κ1) is 27.6. The third-order valence-corrected chi connectivity index (χ3v) is 6.29. The zero-order valence-electron chi connectivity index (χ0n) is 20.3. The van der Waals surface area contributed by atoms with E-state index in [1.54, 1.807) is 30.3 Å². The molecule has 0 aliphatic carbocycles. The van der Waals surface area contributed by atoms with Crippen molar-refractivity contribution in [3.63, 3.8) is 0 Å². The molecule has 0 unspecified atom stereocenters. The molecule has 0 saturated heterocycles. The summed E-state index contributed by atoms with van der Waals surface area (Å²) in [7, 11) is 1.51. The number of para-hydroxylation sites is 1. The molecule has 0 atom stereocenters. The lowest BCUT2D eigenvalue weighted by Crippen LogP contribution is -2.24. The number of nitrogens with one attached hydrogen (secondary N) is 2. The highest BCUT2D eigenvalue weighted by molar-refractivity contribution is 7.99. The summed E-state index contributed by atoms with van der Waals surface area (Å²) < 4.78 is 60.3. The summed E-state index contributed by atoms with van der Waals surface area (Å²) >= 11 is 0.891. The minimum absolute atomic E-state index is 0.0832. The number of thioether (sulfide) groups is 1. The molecule has 0 radical (unpaired) electrons. The second-order valence-corrected chi connectivity index (χ2v) is 8.95. The lowest BCUT2D eigenvalue weighted by molar-refractivity contribution is -0.137. The molecular weight excluding hydrogens is 538 g/mol. The van der Waals surface area contributed by atoms with Crippen LogP contribution >= 0.6 is 11.8 Å². The van der Waals surface area contributed by atoms with Crippen molar-refractivity contribution in [1.82, 2.24) is 20.1 Å². The summed E-state index contributed by atoms with van der Waals surface area (Å²) in [6, 6.07) is 16.6. The van der Waals surface area contributed by atoms with Crippen molar-refractivity contribution in [2.45, 2.75) is 17.9 Å². The number of hydrogen-bond donors (Lipinski definition) is 2. The number of carbonyl (C=O) groups excluding carboxylic acids is 2. The van der Waals surface area contributed by atoms with E-state index >= 15 is 0 Å². The fourth-order valence-electron chi connectivity index (χ4n) is 3.54. The zero-order valence-corrected chi connectivity index (χ0v) is 21.1. The molecule has 0 aliphatic heterocycles. The van der Waals surface area contributed by atoms with E-state index < -0.39 is 29.4 Å². The van der Waals surface area contributed by atoms with Crippen molar-refractivity contribution < 1.29 is 31.9 Å². The minimum Gasteiger partial charge on any atom is -0.497 e. The van der Waals surface area contributed by atoms with E-state index in [2.05, 4.69) is 20.8 Å². The molecule has 3 aromatic carbocycles. The maximum atomic E-state index is 14.0. The lowest BCUT2D eigenvalue weighted by Gasteiger charge is -2.14. The van der Waals surface area contributed by atoms with Gasteiger partial charge in [0.2, 0.25) is 5.91 Å². The molecule has 4 rings (SSSR count). The van der Waals surface area contributed by atoms with Gasteiger partial charge in [-0.15, -0.1) is 10.2 Å². The normalized spacial score (nSPS) is 11.2. The number of nitrogens with zero attached hydrogens (tertiary/aromatic N) is 3. The Morgan fingerprint density at radius 2 is 1.74 bits per heavy atom. The molecule has 0 spiro atoms. The summed E-state index contributed by atoms with van der Waals surface area (Å²) in [6.07, 6.45) is -4.64. The van der Waals surface area contributed by atoms with E-state index in [1.165, 1.54) is 42.0 Å². The third-order valence-electron chi connectivity index (χ3n) is 5.36. The predicted molar refractivity (Wildman–Crippen MR) is 136 cm³/mol. The van der Waals surface area contributed by atoms with Crippen LogP contribution in [-0.2, 0) is 17.5 Å². The van der Waals surface area contributed by atoms with Gasteiger partial charge in [0.1, 0.15) is 11.6 Å². The Labute approximate surface area is 224 Å². The van der Waals surface area contributed by atoms with Crippen molar-refractivity contribution >= 4 is 29.3 Å². The van der Waals surface area contributed by atoms with Gasteiger partial charge in [0.25, 0.3) is 5.91 Å². The molecule has 13 heteroatoms. The highest BCUT2D eigenvalue weighted by Crippen LogP contribution is 2.34. The molecular formula is C26H21F4N5O3S. The van der Waals surface area contributed by atoms with Gasteiger partial charge in [-0.05, 0) is 54.6 Å². The summed E-state index contributed by atoms with van der Waals surface area (Å²) in [5.74, 6) is -1.12. The Hall–Kier alpha value is -4.39. The fourth-order valence-corrected chi connectivity index (χ4v) is 4.31. The number of amides is 2. The second-order valence-electron chi connectivity index (χ2n) is 8.01. The van der Waals surface area contributed by atoms with Gasteiger partial charge in [0.15, 0.2) is 11.0 Å². The molecule has 2 N–H and O–H groups in total. The molecule has 39 heavy (non-hydrogen) atoms. The van der Waals surface area contributed by atoms with E-state index in [0.717, 1.165) is 23.9 Å². The quantitative estimate of drug-likeness (QED) is 0.219. The Morgan fingerprint density at radius 3 is 2.44 bits per heavy atom. The first-order valence-corrected chi connectivity index (χ1v) is 12.4. The number of hydrogen-bond acceptors (Lipinski definition) is 6. The number of ether oxygens (including phenoxy) is 1. The van der Waals surface area contributed by atoms with Crippen LogP contribution in [0.3, 0.4) is 0 Å². The van der Waals surface area contributed by atoms with E-state index in [4.69, 9.17) is 4.74 Å².